The molecule has 21 heavy (non-hydrogen) atoms. The van der Waals surface area contributed by atoms with E-state index in [1.165, 1.54) is 18.4 Å². The van der Waals surface area contributed by atoms with Crippen molar-refractivity contribution in [1.82, 2.24) is 14.9 Å². The van der Waals surface area contributed by atoms with Crippen LogP contribution in [0.15, 0.2) is 6.33 Å². The maximum absolute atomic E-state index is 4.50. The highest BCUT2D eigenvalue weighted by Crippen LogP contribution is 2.24. The third-order valence-electron chi connectivity index (χ3n) is 4.05. The van der Waals surface area contributed by atoms with Gasteiger partial charge in [0.15, 0.2) is 0 Å². The number of anilines is 2. The largest absolute Gasteiger partial charge is 0.370 e. The van der Waals surface area contributed by atoms with E-state index in [0.717, 1.165) is 50.5 Å². The molecular weight excluding hydrogens is 262 g/mol. The fourth-order valence-corrected chi connectivity index (χ4v) is 2.77. The van der Waals surface area contributed by atoms with Crippen molar-refractivity contribution in [3.05, 3.63) is 11.9 Å². The molecule has 2 N–H and O–H groups in total. The molecule has 0 aliphatic carbocycles. The van der Waals surface area contributed by atoms with Crippen molar-refractivity contribution in [2.24, 2.45) is 0 Å². The number of hydrogen-bond donors (Lipinski definition) is 2. The Balaban J connectivity index is 2.09. The van der Waals surface area contributed by atoms with Crippen molar-refractivity contribution in [3.8, 4) is 0 Å². The minimum atomic E-state index is 0.533. The van der Waals surface area contributed by atoms with Crippen molar-refractivity contribution in [2.45, 2.75) is 52.0 Å². The average Bonchev–Trinajstić information content (AvgIpc) is 2.50. The summed E-state index contributed by atoms with van der Waals surface area (Å²) in [5.41, 5.74) is 1.24. The molecule has 0 unspecified atom stereocenters. The molecule has 1 aromatic heterocycles. The summed E-state index contributed by atoms with van der Waals surface area (Å²) in [6.45, 7) is 7.66. The van der Waals surface area contributed by atoms with E-state index < -0.39 is 0 Å². The van der Waals surface area contributed by atoms with Crippen molar-refractivity contribution in [3.63, 3.8) is 0 Å². The van der Waals surface area contributed by atoms with E-state index in [1.807, 2.05) is 0 Å². The second kappa shape index (κ2) is 8.17. The van der Waals surface area contributed by atoms with Gasteiger partial charge in [0.2, 0.25) is 0 Å². The highest BCUT2D eigenvalue weighted by Gasteiger charge is 2.19. The van der Waals surface area contributed by atoms with E-state index in [4.69, 9.17) is 0 Å². The molecule has 1 aliphatic rings. The number of likely N-dealkylation sites (tertiary alicyclic amines) is 1. The second-order valence-corrected chi connectivity index (χ2v) is 5.95. The summed E-state index contributed by atoms with van der Waals surface area (Å²) in [5, 5.41) is 7.09. The monoisotopic (exact) mass is 291 g/mol. The Morgan fingerprint density at radius 3 is 2.52 bits per heavy atom. The SMILES string of the molecule is CCCNc1ncnc(NC2CCN(C)CC2)c1CCC. The molecule has 0 atom stereocenters. The molecule has 1 aliphatic heterocycles. The topological polar surface area (TPSA) is 53.1 Å². The van der Waals surface area contributed by atoms with E-state index in [2.05, 4.69) is 46.4 Å². The first kappa shape index (κ1) is 16.0. The lowest BCUT2D eigenvalue weighted by molar-refractivity contribution is 0.263. The molecule has 0 radical (unpaired) electrons. The van der Waals surface area contributed by atoms with E-state index >= 15 is 0 Å². The van der Waals surface area contributed by atoms with Gasteiger partial charge in [0.25, 0.3) is 0 Å². The predicted octanol–water partition coefficient (Wildman–Crippen LogP) is 2.76. The molecule has 2 rings (SSSR count). The third kappa shape index (κ3) is 4.56. The maximum Gasteiger partial charge on any atom is 0.134 e. The Bertz CT molecular complexity index is 427. The van der Waals surface area contributed by atoms with E-state index in [1.54, 1.807) is 6.33 Å². The molecule has 1 saturated heterocycles. The maximum atomic E-state index is 4.50. The molecule has 0 amide bonds. The number of piperidine rings is 1. The first-order valence-electron chi connectivity index (χ1n) is 8.27. The molecule has 0 spiro atoms. The molecule has 0 saturated carbocycles. The van der Waals surface area contributed by atoms with E-state index in [0.29, 0.717) is 6.04 Å². The van der Waals surface area contributed by atoms with Gasteiger partial charge >= 0.3 is 0 Å². The minimum Gasteiger partial charge on any atom is -0.370 e. The van der Waals surface area contributed by atoms with Crippen LogP contribution in [0.2, 0.25) is 0 Å². The van der Waals surface area contributed by atoms with Crippen LogP contribution in [0.3, 0.4) is 0 Å². The normalized spacial score (nSPS) is 16.9. The summed E-state index contributed by atoms with van der Waals surface area (Å²) in [5.74, 6) is 2.03. The summed E-state index contributed by atoms with van der Waals surface area (Å²) in [4.78, 5) is 11.3. The van der Waals surface area contributed by atoms with Crippen molar-refractivity contribution in [2.75, 3.05) is 37.3 Å². The lowest BCUT2D eigenvalue weighted by atomic mass is 10.0. The number of nitrogens with one attached hydrogen (secondary N) is 2. The third-order valence-corrected chi connectivity index (χ3v) is 4.05. The van der Waals surface area contributed by atoms with Crippen LogP contribution in [0.5, 0.6) is 0 Å². The van der Waals surface area contributed by atoms with Gasteiger partial charge in [0.1, 0.15) is 18.0 Å². The fourth-order valence-electron chi connectivity index (χ4n) is 2.77. The highest BCUT2D eigenvalue weighted by atomic mass is 15.1. The molecule has 1 aromatic rings. The van der Waals surface area contributed by atoms with Crippen LogP contribution in [0.4, 0.5) is 11.6 Å². The molecule has 5 heteroatoms. The summed E-state index contributed by atoms with van der Waals surface area (Å²) in [7, 11) is 2.19. The lowest BCUT2D eigenvalue weighted by Gasteiger charge is -2.30. The zero-order chi connectivity index (χ0) is 15.1. The lowest BCUT2D eigenvalue weighted by Crippen LogP contribution is -2.37. The zero-order valence-corrected chi connectivity index (χ0v) is 13.7. The average molecular weight is 291 g/mol. The Morgan fingerprint density at radius 1 is 1.14 bits per heavy atom. The van der Waals surface area contributed by atoms with Crippen LogP contribution in [-0.4, -0.2) is 47.6 Å². The molecule has 0 aromatic carbocycles. The summed E-state index contributed by atoms with van der Waals surface area (Å²) >= 11 is 0. The fraction of sp³-hybridized carbons (Fsp3) is 0.750. The number of aromatic nitrogens is 2. The van der Waals surface area contributed by atoms with E-state index in [9.17, 15) is 0 Å². The van der Waals surface area contributed by atoms with Gasteiger partial charge in [-0.2, -0.15) is 0 Å². The van der Waals surface area contributed by atoms with Gasteiger partial charge in [-0.3, -0.25) is 0 Å². The zero-order valence-electron chi connectivity index (χ0n) is 13.7. The minimum absolute atomic E-state index is 0.533. The van der Waals surface area contributed by atoms with Crippen LogP contribution >= 0.6 is 0 Å². The molecule has 118 valence electrons. The second-order valence-electron chi connectivity index (χ2n) is 5.95. The number of hydrogen-bond acceptors (Lipinski definition) is 5. The Morgan fingerprint density at radius 2 is 1.86 bits per heavy atom. The van der Waals surface area contributed by atoms with Crippen molar-refractivity contribution < 1.29 is 0 Å². The predicted molar refractivity (Wildman–Crippen MR) is 88.9 cm³/mol. The van der Waals surface area contributed by atoms with Crippen LogP contribution < -0.4 is 10.6 Å². The highest BCUT2D eigenvalue weighted by molar-refractivity contribution is 5.57. The smallest absolute Gasteiger partial charge is 0.134 e. The van der Waals surface area contributed by atoms with E-state index in [-0.39, 0.29) is 0 Å². The van der Waals surface area contributed by atoms with Crippen LogP contribution in [0.1, 0.15) is 45.1 Å². The van der Waals surface area contributed by atoms with Gasteiger partial charge in [0, 0.05) is 18.2 Å². The molecule has 0 bridgehead atoms. The molecule has 1 fully saturated rings. The first-order valence-corrected chi connectivity index (χ1v) is 8.27. The molecule has 2 heterocycles. The van der Waals surface area contributed by atoms with Crippen molar-refractivity contribution in [1.29, 1.82) is 0 Å². The van der Waals surface area contributed by atoms with Crippen LogP contribution in [0.25, 0.3) is 0 Å². The molecular formula is C16H29N5. The summed E-state index contributed by atoms with van der Waals surface area (Å²) in [6, 6.07) is 0.533. The Kier molecular flexibility index (Phi) is 6.23. The Hall–Kier alpha value is -1.36. The van der Waals surface area contributed by atoms with Crippen molar-refractivity contribution >= 4 is 11.6 Å². The van der Waals surface area contributed by atoms with Gasteiger partial charge in [-0.05, 0) is 45.8 Å². The van der Waals surface area contributed by atoms with Gasteiger partial charge in [0.05, 0.1) is 0 Å². The van der Waals surface area contributed by atoms with Gasteiger partial charge in [-0.25, -0.2) is 9.97 Å². The van der Waals surface area contributed by atoms with Gasteiger partial charge < -0.3 is 15.5 Å². The first-order chi connectivity index (χ1) is 10.2. The van der Waals surface area contributed by atoms with Crippen LogP contribution in [0, 0.1) is 0 Å². The molecule has 5 nitrogen and oxygen atoms in total. The standard InChI is InChI=1S/C16H29N5/c1-4-6-14-15(17-9-5-2)18-12-19-16(14)20-13-7-10-21(3)11-8-13/h12-13H,4-11H2,1-3H3,(H2,17,18,19,20). The number of nitrogens with zero attached hydrogens (tertiary/aromatic N) is 3. The summed E-state index contributed by atoms with van der Waals surface area (Å²) in [6.07, 6.45) is 7.27. The van der Waals surface area contributed by atoms with Gasteiger partial charge in [-0.1, -0.05) is 20.3 Å². The van der Waals surface area contributed by atoms with Crippen LogP contribution in [-0.2, 0) is 6.42 Å². The number of rotatable bonds is 7. The summed E-state index contributed by atoms with van der Waals surface area (Å²) < 4.78 is 0. The Labute approximate surface area is 128 Å². The quantitative estimate of drug-likeness (QED) is 0.809. The van der Waals surface area contributed by atoms with Gasteiger partial charge in [-0.15, -0.1) is 0 Å².